The molecule has 1 N–H and O–H groups in total. The van der Waals surface area contributed by atoms with E-state index in [0.717, 1.165) is 42.4 Å². The lowest BCUT2D eigenvalue weighted by Crippen LogP contribution is -2.39. The van der Waals surface area contributed by atoms with Crippen molar-refractivity contribution in [2.45, 2.75) is 38.3 Å². The fraction of sp³-hybridized carbons (Fsp3) is 0.389. The van der Waals surface area contributed by atoms with E-state index in [0.29, 0.717) is 13.0 Å². The third-order valence-corrected chi connectivity index (χ3v) is 4.79. The minimum Gasteiger partial charge on any atom is -0.334 e. The molecule has 6 heteroatoms. The van der Waals surface area contributed by atoms with Gasteiger partial charge >= 0.3 is 0 Å². The van der Waals surface area contributed by atoms with E-state index in [2.05, 4.69) is 15.3 Å². The highest BCUT2D eigenvalue weighted by Crippen LogP contribution is 2.30. The fourth-order valence-electron chi connectivity index (χ4n) is 3.55. The number of aryl methyl sites for hydroxylation is 1. The highest BCUT2D eigenvalue weighted by molar-refractivity contribution is 5.79. The predicted molar refractivity (Wildman–Crippen MR) is 91.2 cm³/mol. The molecule has 1 atom stereocenters. The van der Waals surface area contributed by atoms with E-state index >= 15 is 0 Å². The predicted octanol–water partition coefficient (Wildman–Crippen LogP) is 2.90. The number of rotatable bonds is 4. The second-order valence-corrected chi connectivity index (χ2v) is 6.29. The van der Waals surface area contributed by atoms with Crippen LogP contribution in [0.4, 0.5) is 0 Å². The van der Waals surface area contributed by atoms with Crippen LogP contribution in [0.5, 0.6) is 0 Å². The number of likely N-dealkylation sites (tertiary alicyclic amines) is 1. The maximum Gasteiger partial charge on any atom is 0.224 e. The van der Waals surface area contributed by atoms with Crippen LogP contribution >= 0.6 is 0 Å². The lowest BCUT2D eigenvalue weighted by Gasteiger charge is -2.35. The molecule has 6 nitrogen and oxygen atoms in total. The number of nitrogens with zero attached hydrogens (tertiary/aromatic N) is 4. The summed E-state index contributed by atoms with van der Waals surface area (Å²) in [6.45, 7) is 1.43. The SMILES string of the molecule is O=C(CCn1ncc2ccccc21)N1CCCC[C@H]1c1ccn[nH]1. The zero-order valence-corrected chi connectivity index (χ0v) is 13.6. The lowest BCUT2D eigenvalue weighted by atomic mass is 9.99. The topological polar surface area (TPSA) is 66.8 Å². The first-order chi connectivity index (χ1) is 11.8. The van der Waals surface area contributed by atoms with E-state index in [1.54, 1.807) is 6.20 Å². The van der Waals surface area contributed by atoms with Crippen molar-refractivity contribution in [3.8, 4) is 0 Å². The molecule has 0 spiro atoms. The zero-order valence-electron chi connectivity index (χ0n) is 13.6. The zero-order chi connectivity index (χ0) is 16.4. The Labute approximate surface area is 140 Å². The molecule has 0 radical (unpaired) electrons. The third kappa shape index (κ3) is 2.79. The third-order valence-electron chi connectivity index (χ3n) is 4.79. The summed E-state index contributed by atoms with van der Waals surface area (Å²) in [4.78, 5) is 14.8. The summed E-state index contributed by atoms with van der Waals surface area (Å²) in [5, 5.41) is 12.6. The highest BCUT2D eigenvalue weighted by atomic mass is 16.2. The number of carbonyl (C=O) groups is 1. The van der Waals surface area contributed by atoms with Crippen LogP contribution in [0.1, 0.15) is 37.4 Å². The van der Waals surface area contributed by atoms with Crippen LogP contribution in [0.25, 0.3) is 10.9 Å². The largest absolute Gasteiger partial charge is 0.334 e. The first-order valence-electron chi connectivity index (χ1n) is 8.52. The molecular formula is C18H21N5O. The Morgan fingerprint density at radius 2 is 2.17 bits per heavy atom. The van der Waals surface area contributed by atoms with Crippen LogP contribution < -0.4 is 0 Å². The van der Waals surface area contributed by atoms with Crippen LogP contribution in [0.2, 0.25) is 0 Å². The second-order valence-electron chi connectivity index (χ2n) is 6.29. The van der Waals surface area contributed by atoms with Crippen LogP contribution in [0, 0.1) is 0 Å². The molecule has 0 unspecified atom stereocenters. The van der Waals surface area contributed by atoms with E-state index in [9.17, 15) is 4.79 Å². The summed E-state index contributed by atoms with van der Waals surface area (Å²) < 4.78 is 1.92. The Kier molecular flexibility index (Phi) is 4.02. The van der Waals surface area contributed by atoms with Gasteiger partial charge in [0.05, 0.1) is 30.0 Å². The number of para-hydroxylation sites is 1. The summed E-state index contributed by atoms with van der Waals surface area (Å²) in [5.74, 6) is 0.189. The minimum atomic E-state index is 0.128. The highest BCUT2D eigenvalue weighted by Gasteiger charge is 2.28. The molecule has 1 saturated heterocycles. The number of H-pyrrole nitrogens is 1. The molecule has 1 aliphatic heterocycles. The summed E-state index contributed by atoms with van der Waals surface area (Å²) >= 11 is 0. The van der Waals surface area contributed by atoms with Gasteiger partial charge in [0.1, 0.15) is 0 Å². The first-order valence-corrected chi connectivity index (χ1v) is 8.52. The molecule has 0 saturated carbocycles. The van der Waals surface area contributed by atoms with Gasteiger partial charge in [0.2, 0.25) is 5.91 Å². The van der Waals surface area contributed by atoms with E-state index in [4.69, 9.17) is 0 Å². The fourth-order valence-corrected chi connectivity index (χ4v) is 3.55. The van der Waals surface area contributed by atoms with Crippen molar-refractivity contribution in [2.24, 2.45) is 0 Å². The maximum absolute atomic E-state index is 12.8. The van der Waals surface area contributed by atoms with Crippen LogP contribution in [-0.2, 0) is 11.3 Å². The molecule has 3 heterocycles. The number of amides is 1. The molecule has 0 bridgehead atoms. The Hall–Kier alpha value is -2.63. The Morgan fingerprint density at radius 1 is 1.25 bits per heavy atom. The Balaban J connectivity index is 1.47. The molecule has 1 aliphatic rings. The van der Waals surface area contributed by atoms with Gasteiger partial charge < -0.3 is 4.90 Å². The van der Waals surface area contributed by atoms with Crippen LogP contribution in [-0.4, -0.2) is 37.3 Å². The van der Waals surface area contributed by atoms with Gasteiger partial charge in [0.25, 0.3) is 0 Å². The van der Waals surface area contributed by atoms with Crippen molar-refractivity contribution in [1.82, 2.24) is 24.9 Å². The number of fused-ring (bicyclic) bond motifs is 1. The van der Waals surface area contributed by atoms with Gasteiger partial charge in [-0.05, 0) is 31.4 Å². The van der Waals surface area contributed by atoms with E-state index in [1.165, 1.54) is 0 Å². The van der Waals surface area contributed by atoms with Gasteiger partial charge in [-0.2, -0.15) is 10.2 Å². The number of aromatic amines is 1. The van der Waals surface area contributed by atoms with Gasteiger partial charge in [0.15, 0.2) is 0 Å². The first kappa shape index (κ1) is 14.9. The standard InChI is InChI=1S/C18H21N5O/c24-18(9-12-23-16-6-2-1-5-14(16)13-20-23)22-11-4-3-7-17(22)15-8-10-19-21-15/h1-2,5-6,8,10,13,17H,3-4,7,9,11-12H2,(H,19,21)/t17-/m0/s1. The van der Waals surface area contributed by atoms with E-state index in [-0.39, 0.29) is 11.9 Å². The van der Waals surface area contributed by atoms with Crippen LogP contribution in [0.15, 0.2) is 42.7 Å². The van der Waals surface area contributed by atoms with Gasteiger partial charge in [-0.15, -0.1) is 0 Å². The molecular weight excluding hydrogens is 302 g/mol. The molecule has 2 aromatic heterocycles. The molecule has 0 aliphatic carbocycles. The van der Waals surface area contributed by atoms with Gasteiger partial charge in [-0.3, -0.25) is 14.6 Å². The van der Waals surface area contributed by atoms with Crippen molar-refractivity contribution in [1.29, 1.82) is 0 Å². The lowest BCUT2D eigenvalue weighted by molar-refractivity contribution is -0.135. The molecule has 4 rings (SSSR count). The number of carbonyl (C=O) groups excluding carboxylic acids is 1. The normalized spacial score (nSPS) is 18.2. The Morgan fingerprint density at radius 3 is 3.04 bits per heavy atom. The molecule has 1 aromatic carbocycles. The monoisotopic (exact) mass is 323 g/mol. The number of piperidine rings is 1. The van der Waals surface area contributed by atoms with Crippen molar-refractivity contribution >= 4 is 16.8 Å². The summed E-state index contributed by atoms with van der Waals surface area (Å²) in [7, 11) is 0. The smallest absolute Gasteiger partial charge is 0.224 e. The van der Waals surface area contributed by atoms with Crippen molar-refractivity contribution in [3.63, 3.8) is 0 Å². The average Bonchev–Trinajstić information content (AvgIpc) is 3.30. The molecule has 24 heavy (non-hydrogen) atoms. The van der Waals surface area contributed by atoms with E-state index in [1.807, 2.05) is 46.1 Å². The minimum absolute atomic E-state index is 0.128. The maximum atomic E-state index is 12.8. The summed E-state index contributed by atoms with van der Waals surface area (Å²) in [5.41, 5.74) is 2.11. The average molecular weight is 323 g/mol. The van der Waals surface area contributed by atoms with E-state index < -0.39 is 0 Å². The van der Waals surface area contributed by atoms with Crippen molar-refractivity contribution in [2.75, 3.05) is 6.54 Å². The number of hydrogen-bond donors (Lipinski definition) is 1. The second kappa shape index (κ2) is 6.47. The molecule has 124 valence electrons. The number of aromatic nitrogens is 4. The quantitative estimate of drug-likeness (QED) is 0.803. The molecule has 3 aromatic rings. The van der Waals surface area contributed by atoms with Gasteiger partial charge in [-0.25, -0.2) is 0 Å². The molecule has 1 amide bonds. The summed E-state index contributed by atoms with van der Waals surface area (Å²) in [6.07, 6.45) is 7.30. The molecule has 1 fully saturated rings. The Bertz CT molecular complexity index is 823. The summed E-state index contributed by atoms with van der Waals surface area (Å²) in [6, 6.07) is 10.2. The van der Waals surface area contributed by atoms with Gasteiger partial charge in [0, 0.05) is 24.5 Å². The van der Waals surface area contributed by atoms with Crippen molar-refractivity contribution < 1.29 is 4.79 Å². The number of nitrogens with one attached hydrogen (secondary N) is 1. The van der Waals surface area contributed by atoms with Gasteiger partial charge in [-0.1, -0.05) is 18.2 Å². The number of benzene rings is 1. The van der Waals surface area contributed by atoms with Crippen LogP contribution in [0.3, 0.4) is 0 Å². The van der Waals surface area contributed by atoms with Crippen molar-refractivity contribution in [3.05, 3.63) is 48.4 Å². The number of hydrogen-bond acceptors (Lipinski definition) is 3.